The molecule has 2 aromatic heterocycles. The maximum absolute atomic E-state index is 4.08. The minimum absolute atomic E-state index is 0. The molecular formula is C102H174N2. The fourth-order valence-corrected chi connectivity index (χ4v) is 8.73. The lowest BCUT2D eigenvalue weighted by Gasteiger charge is -2.19. The second-order valence-electron chi connectivity index (χ2n) is 23.1. The van der Waals surface area contributed by atoms with Gasteiger partial charge in [-0.2, -0.15) is 0 Å². The summed E-state index contributed by atoms with van der Waals surface area (Å²) in [5, 5.41) is 8.12. The average Bonchev–Trinajstić information content (AvgIpc) is 0.836. The highest BCUT2D eigenvalue weighted by Crippen LogP contribution is 2.25. The van der Waals surface area contributed by atoms with Crippen LogP contribution in [0.1, 0.15) is 301 Å². The van der Waals surface area contributed by atoms with Crippen LogP contribution in [0.2, 0.25) is 0 Å². The first-order valence-corrected chi connectivity index (χ1v) is 39.2. The predicted molar refractivity (Wildman–Crippen MR) is 496 cm³/mol. The quantitative estimate of drug-likeness (QED) is 0.153. The molecule has 4 unspecified atom stereocenters. The van der Waals surface area contributed by atoms with Gasteiger partial charge < -0.3 is 0 Å². The molecule has 2 heterocycles. The van der Waals surface area contributed by atoms with E-state index in [4.69, 9.17) is 0 Å². The van der Waals surface area contributed by atoms with Gasteiger partial charge >= 0.3 is 0 Å². The highest BCUT2D eigenvalue weighted by atomic mass is 14.7. The van der Waals surface area contributed by atoms with Crippen LogP contribution in [0, 0.1) is 107 Å². The summed E-state index contributed by atoms with van der Waals surface area (Å²) in [6, 6.07) is 53.0. The lowest BCUT2D eigenvalue weighted by atomic mass is 9.86. The van der Waals surface area contributed by atoms with E-state index in [0.717, 1.165) is 29.4 Å². The number of unbranched alkanes of at least 4 members (excludes halogenated alkanes) is 1. The lowest BCUT2D eigenvalue weighted by molar-refractivity contribution is 0.380. The van der Waals surface area contributed by atoms with E-state index in [1.54, 1.807) is 0 Å². The van der Waals surface area contributed by atoms with E-state index in [1.807, 2.05) is 174 Å². The van der Waals surface area contributed by atoms with Crippen molar-refractivity contribution in [2.75, 3.05) is 0 Å². The smallest absolute Gasteiger partial charge is 0.0401 e. The molecule has 0 N–H and O–H groups in total. The van der Waals surface area contributed by atoms with Crippen LogP contribution < -0.4 is 0 Å². The summed E-state index contributed by atoms with van der Waals surface area (Å²) in [6.07, 6.45) is 26.6. The van der Waals surface area contributed by atoms with Gasteiger partial charge in [0.05, 0.1) is 0 Å². The van der Waals surface area contributed by atoms with Crippen LogP contribution in [0.4, 0.5) is 0 Å². The minimum atomic E-state index is 0. The number of allylic oxidation sites excluding steroid dienone is 6. The number of nitrogens with zero attached hydrogens (tertiary/aromatic N) is 2. The standard InChI is InChI=1S/3C12H12.2C8H14.C8H10.2C7H9N.C4H10.C4H8.8C2H6.4CH4/c1-9-5-3-7-11-8-4-6-10(2)12(9)11;1-9-7-11-5-3-4-6-12(11)8-10(9)2;1-9-7-8-11-5-3-4-6-12(11)10(9)2;3*1-7-5-3-4-6-8(7)2;1-6-3-4-8-5-7(6)2;1-6-4-3-5-8-7(6)2;2*1-3-4-2;8*1-2;;;;/h3*3-8H,1-2H3;3,5,7-8H,4,6H2,1-2H3;3-4,7-8H,5-6H2,1-2H3;3-6H,1-2H3;2*3-5H,1-2H3;3-4H2,1-2H3;3-4H,1-2H3;8*1-2H3;4*1H4. The van der Waals surface area contributed by atoms with Crippen molar-refractivity contribution in [1.82, 2.24) is 9.97 Å². The normalized spacial score (nSPS) is 12.7. The molecule has 592 valence electrons. The number of fused-ring (bicyclic) bond motifs is 3. The summed E-state index contributed by atoms with van der Waals surface area (Å²) in [5.74, 6) is 3.57. The highest BCUT2D eigenvalue weighted by molar-refractivity contribution is 5.88. The fraction of sp³-hybridized carbons (Fsp3) is 0.490. The van der Waals surface area contributed by atoms with Crippen LogP contribution in [0.25, 0.3) is 32.3 Å². The largest absolute Gasteiger partial charge is 0.264 e. The second kappa shape index (κ2) is 84.8. The first kappa shape index (κ1) is 121. The van der Waals surface area contributed by atoms with Gasteiger partial charge in [0.1, 0.15) is 0 Å². The number of aryl methyl sites for hydroxylation is 12. The Morgan fingerprint density at radius 3 is 1.03 bits per heavy atom. The first-order chi connectivity index (χ1) is 48.2. The van der Waals surface area contributed by atoms with Gasteiger partial charge in [-0.15, -0.1) is 0 Å². The molecule has 0 saturated carbocycles. The van der Waals surface area contributed by atoms with E-state index in [2.05, 4.69) is 292 Å². The van der Waals surface area contributed by atoms with Crippen molar-refractivity contribution >= 4 is 32.3 Å². The zero-order valence-corrected chi connectivity index (χ0v) is 72.1. The monoisotopic (exact) mass is 1430 g/mol. The van der Waals surface area contributed by atoms with Crippen molar-refractivity contribution in [2.24, 2.45) is 23.7 Å². The Bertz CT molecular complexity index is 3060. The van der Waals surface area contributed by atoms with Gasteiger partial charge in [0, 0.05) is 24.3 Å². The van der Waals surface area contributed by atoms with E-state index in [9.17, 15) is 0 Å². The third kappa shape index (κ3) is 57.2. The van der Waals surface area contributed by atoms with Gasteiger partial charge in [0.25, 0.3) is 0 Å². The molecule has 0 radical (unpaired) electrons. The number of rotatable bonds is 1. The summed E-state index contributed by atoms with van der Waals surface area (Å²) >= 11 is 0. The molecule has 2 nitrogen and oxygen atoms in total. The number of benzene rings is 7. The van der Waals surface area contributed by atoms with Crippen LogP contribution in [0.5, 0.6) is 0 Å². The average molecular weight is 1430 g/mol. The van der Waals surface area contributed by atoms with Gasteiger partial charge in [-0.25, -0.2) is 0 Å². The summed E-state index contributed by atoms with van der Waals surface area (Å²) in [6.45, 7) is 75.0. The highest BCUT2D eigenvalue weighted by Gasteiger charge is 2.12. The summed E-state index contributed by atoms with van der Waals surface area (Å²) < 4.78 is 0. The van der Waals surface area contributed by atoms with Crippen molar-refractivity contribution in [3.63, 3.8) is 0 Å². The van der Waals surface area contributed by atoms with Crippen molar-refractivity contribution in [3.05, 3.63) is 274 Å². The molecule has 11 rings (SSSR count). The van der Waals surface area contributed by atoms with E-state index >= 15 is 0 Å². The van der Waals surface area contributed by atoms with Crippen LogP contribution in [0.15, 0.2) is 207 Å². The molecule has 2 aliphatic carbocycles. The molecular weight excluding hydrogens is 1250 g/mol. The van der Waals surface area contributed by atoms with Gasteiger partial charge in [0.15, 0.2) is 0 Å². The van der Waals surface area contributed by atoms with Crippen molar-refractivity contribution in [3.8, 4) is 0 Å². The molecule has 0 amide bonds. The number of hydrogen-bond acceptors (Lipinski definition) is 2. The van der Waals surface area contributed by atoms with Crippen LogP contribution >= 0.6 is 0 Å². The molecule has 0 saturated heterocycles. The maximum Gasteiger partial charge on any atom is 0.0401 e. The van der Waals surface area contributed by atoms with Gasteiger partial charge in [0.2, 0.25) is 0 Å². The molecule has 0 spiro atoms. The Hall–Kier alpha value is -7.16. The Morgan fingerprint density at radius 1 is 0.346 bits per heavy atom. The van der Waals surface area contributed by atoms with Crippen LogP contribution in [0.3, 0.4) is 0 Å². The molecule has 0 aliphatic heterocycles. The topological polar surface area (TPSA) is 25.8 Å². The predicted octanol–water partition coefficient (Wildman–Crippen LogP) is 35.4. The lowest BCUT2D eigenvalue weighted by Crippen LogP contribution is -2.08. The summed E-state index contributed by atoms with van der Waals surface area (Å²) in [7, 11) is 0. The molecule has 2 aliphatic rings. The second-order valence-corrected chi connectivity index (χ2v) is 23.1. The van der Waals surface area contributed by atoms with E-state index in [1.165, 1.54) is 132 Å². The maximum atomic E-state index is 4.08. The summed E-state index contributed by atoms with van der Waals surface area (Å²) in [5.41, 5.74) is 15.9. The zero-order valence-electron chi connectivity index (χ0n) is 72.1. The van der Waals surface area contributed by atoms with Crippen molar-refractivity contribution in [2.45, 2.75) is 317 Å². The van der Waals surface area contributed by atoms with Crippen LogP contribution in [-0.4, -0.2) is 9.97 Å². The molecule has 0 bridgehead atoms. The fourth-order valence-electron chi connectivity index (χ4n) is 8.73. The van der Waals surface area contributed by atoms with Crippen molar-refractivity contribution < 1.29 is 0 Å². The molecule has 4 atom stereocenters. The van der Waals surface area contributed by atoms with Gasteiger partial charge in [-0.1, -0.05) is 371 Å². The number of aromatic nitrogens is 2. The van der Waals surface area contributed by atoms with Crippen LogP contribution in [-0.2, 0) is 0 Å². The molecule has 104 heavy (non-hydrogen) atoms. The Balaban J connectivity index is -0.000000101. The number of hydrogen-bond donors (Lipinski definition) is 0. The summed E-state index contributed by atoms with van der Waals surface area (Å²) in [4.78, 5) is 8.02. The Kier molecular flexibility index (Phi) is 98.4. The first-order valence-electron chi connectivity index (χ1n) is 39.2. The van der Waals surface area contributed by atoms with E-state index in [0.29, 0.717) is 0 Å². The SMILES string of the molecule is C.C.C.C.CC.CC.CC.CC.CC.CC.CC.CC.CC1C=CCCC1C.CC1CC=CCC1C.CC=CC.CCCC.Cc1cc2ccccc2cc1C.Cc1ccc2ccccc2c1C.Cc1cccc2cccc(C)c12.Cc1ccccc1C.Cc1cccnc1C.Cc1ccncc1C. The molecule has 7 aromatic carbocycles. The minimum Gasteiger partial charge on any atom is -0.264 e. The Labute approximate surface area is 653 Å². The van der Waals surface area contributed by atoms with Crippen molar-refractivity contribution in [1.29, 1.82) is 0 Å². The molecule has 9 aromatic rings. The van der Waals surface area contributed by atoms with Gasteiger partial charge in [-0.3, -0.25) is 9.97 Å². The zero-order chi connectivity index (χ0) is 78.4. The van der Waals surface area contributed by atoms with E-state index < -0.39 is 0 Å². The molecule has 0 fully saturated rings. The number of pyridine rings is 2. The Morgan fingerprint density at radius 2 is 0.721 bits per heavy atom. The van der Waals surface area contributed by atoms with Gasteiger partial charge in [-0.05, 0) is 252 Å². The molecule has 2 heteroatoms. The third-order valence-electron chi connectivity index (χ3n) is 16.3. The van der Waals surface area contributed by atoms with E-state index in [-0.39, 0.29) is 29.7 Å². The third-order valence-corrected chi connectivity index (χ3v) is 16.3.